The lowest BCUT2D eigenvalue weighted by Gasteiger charge is -2.24. The Morgan fingerprint density at radius 1 is 1.20 bits per heavy atom. The largest absolute Gasteiger partial charge is 0.375 e. The van der Waals surface area contributed by atoms with Gasteiger partial charge in [-0.25, -0.2) is 0 Å². The molecule has 0 amide bonds. The van der Waals surface area contributed by atoms with E-state index in [1.165, 1.54) is 12.8 Å². The van der Waals surface area contributed by atoms with Crippen molar-refractivity contribution in [3.63, 3.8) is 0 Å². The number of hydrogen-bond acceptors (Lipinski definition) is 1. The molecule has 2 bridgehead atoms. The third-order valence-electron chi connectivity index (χ3n) is 2.53. The van der Waals surface area contributed by atoms with Crippen LogP contribution in [0.1, 0.15) is 25.7 Å². The zero-order chi connectivity index (χ0) is 6.97. The minimum Gasteiger partial charge on any atom is -0.375 e. The molecule has 54 valence electrons. The van der Waals surface area contributed by atoms with E-state index >= 15 is 0 Å². The molecule has 0 aliphatic carbocycles. The molecule has 1 heteroatoms. The summed E-state index contributed by atoms with van der Waals surface area (Å²) in [5.41, 5.74) is 0. The summed E-state index contributed by atoms with van der Waals surface area (Å²) in [6.07, 6.45) is 11.0. The van der Waals surface area contributed by atoms with E-state index in [4.69, 9.17) is 11.2 Å². The molecule has 2 unspecified atom stereocenters. The Morgan fingerprint density at radius 3 is 2.30 bits per heavy atom. The maximum Gasteiger partial charge on any atom is 0.0591 e. The van der Waals surface area contributed by atoms with Crippen LogP contribution in [-0.2, 0) is 4.74 Å². The zero-order valence-corrected chi connectivity index (χ0v) is 6.05. The van der Waals surface area contributed by atoms with Crippen molar-refractivity contribution in [3.8, 4) is 12.3 Å². The molecular formula is C9H12O. The van der Waals surface area contributed by atoms with E-state index in [1.54, 1.807) is 0 Å². The van der Waals surface area contributed by atoms with E-state index in [-0.39, 0.29) is 0 Å². The maximum atomic E-state index is 5.63. The molecule has 0 aromatic carbocycles. The first-order chi connectivity index (χ1) is 4.88. The van der Waals surface area contributed by atoms with Gasteiger partial charge in [-0.2, -0.15) is 0 Å². The van der Waals surface area contributed by atoms with E-state index in [0.29, 0.717) is 18.1 Å². The molecule has 2 aliphatic heterocycles. The Kier molecular flexibility index (Phi) is 1.43. The Labute approximate surface area is 61.8 Å². The van der Waals surface area contributed by atoms with Gasteiger partial charge in [-0.05, 0) is 25.7 Å². The quantitative estimate of drug-likeness (QED) is 0.459. The number of hydrogen-bond donors (Lipinski definition) is 0. The van der Waals surface area contributed by atoms with E-state index in [9.17, 15) is 0 Å². The summed E-state index contributed by atoms with van der Waals surface area (Å²) in [4.78, 5) is 0. The number of terminal acetylenes is 1. The van der Waals surface area contributed by atoms with Crippen LogP contribution >= 0.6 is 0 Å². The van der Waals surface area contributed by atoms with Gasteiger partial charge in [0, 0.05) is 5.92 Å². The summed E-state index contributed by atoms with van der Waals surface area (Å²) in [6.45, 7) is 0. The zero-order valence-electron chi connectivity index (χ0n) is 6.05. The minimum atomic E-state index is 0.500. The van der Waals surface area contributed by atoms with Gasteiger partial charge in [0.05, 0.1) is 12.2 Å². The maximum absolute atomic E-state index is 5.63. The number of rotatable bonds is 0. The first kappa shape index (κ1) is 6.24. The first-order valence-corrected chi connectivity index (χ1v) is 4.00. The second-order valence-corrected chi connectivity index (χ2v) is 3.29. The Bertz CT molecular complexity index is 156. The lowest BCUT2D eigenvalue weighted by molar-refractivity contribution is -0.00794. The van der Waals surface area contributed by atoms with E-state index < -0.39 is 0 Å². The van der Waals surface area contributed by atoms with Gasteiger partial charge in [0.2, 0.25) is 0 Å². The summed E-state index contributed by atoms with van der Waals surface area (Å²) in [6, 6.07) is 0. The van der Waals surface area contributed by atoms with E-state index in [2.05, 4.69) is 5.92 Å². The van der Waals surface area contributed by atoms with E-state index in [0.717, 1.165) is 12.8 Å². The van der Waals surface area contributed by atoms with Crippen LogP contribution in [0.15, 0.2) is 0 Å². The van der Waals surface area contributed by atoms with Crippen LogP contribution in [0, 0.1) is 18.3 Å². The van der Waals surface area contributed by atoms with Crippen molar-refractivity contribution in [2.45, 2.75) is 37.9 Å². The molecule has 2 rings (SSSR count). The third kappa shape index (κ3) is 0.932. The van der Waals surface area contributed by atoms with Crippen molar-refractivity contribution in [3.05, 3.63) is 0 Å². The van der Waals surface area contributed by atoms with Crippen molar-refractivity contribution in [1.29, 1.82) is 0 Å². The number of fused-ring (bicyclic) bond motifs is 2. The first-order valence-electron chi connectivity index (χ1n) is 4.00. The third-order valence-corrected chi connectivity index (χ3v) is 2.53. The highest BCUT2D eigenvalue weighted by atomic mass is 16.5. The summed E-state index contributed by atoms with van der Waals surface area (Å²) in [5.74, 6) is 3.33. The van der Waals surface area contributed by atoms with Crippen LogP contribution in [-0.4, -0.2) is 12.2 Å². The standard InChI is InChI=1S/C9H12O/c1-2-7-5-8-3-4-9(6-7)10-8/h1,7-9H,3-6H2. The lowest BCUT2D eigenvalue weighted by Crippen LogP contribution is -2.23. The second-order valence-electron chi connectivity index (χ2n) is 3.29. The van der Waals surface area contributed by atoms with Gasteiger partial charge >= 0.3 is 0 Å². The van der Waals surface area contributed by atoms with Crippen molar-refractivity contribution < 1.29 is 4.74 Å². The average Bonchev–Trinajstić information content (AvgIpc) is 2.30. The van der Waals surface area contributed by atoms with Crippen molar-refractivity contribution in [1.82, 2.24) is 0 Å². The Hall–Kier alpha value is -0.480. The predicted molar refractivity (Wildman–Crippen MR) is 39.5 cm³/mol. The predicted octanol–water partition coefficient (Wildman–Crippen LogP) is 1.58. The molecule has 0 aromatic heterocycles. The van der Waals surface area contributed by atoms with Crippen LogP contribution in [0.2, 0.25) is 0 Å². The van der Waals surface area contributed by atoms with Crippen LogP contribution in [0.5, 0.6) is 0 Å². The fourth-order valence-corrected chi connectivity index (χ4v) is 1.99. The summed E-state index contributed by atoms with van der Waals surface area (Å²) < 4.78 is 5.63. The monoisotopic (exact) mass is 136 g/mol. The van der Waals surface area contributed by atoms with Gasteiger partial charge in [0.25, 0.3) is 0 Å². The summed E-state index contributed by atoms with van der Waals surface area (Å²) in [7, 11) is 0. The molecule has 0 radical (unpaired) electrons. The molecule has 2 atom stereocenters. The normalized spacial score (nSPS) is 44.9. The molecule has 2 fully saturated rings. The molecule has 0 saturated carbocycles. The fourth-order valence-electron chi connectivity index (χ4n) is 1.99. The average molecular weight is 136 g/mol. The van der Waals surface area contributed by atoms with Crippen molar-refractivity contribution in [2.75, 3.05) is 0 Å². The molecule has 0 spiro atoms. The highest BCUT2D eigenvalue weighted by Crippen LogP contribution is 2.35. The van der Waals surface area contributed by atoms with Crippen LogP contribution in [0.4, 0.5) is 0 Å². The highest BCUT2D eigenvalue weighted by molar-refractivity contribution is 4.99. The Balaban J connectivity index is 2.04. The van der Waals surface area contributed by atoms with Gasteiger partial charge in [-0.1, -0.05) is 0 Å². The van der Waals surface area contributed by atoms with Crippen molar-refractivity contribution in [2.24, 2.45) is 5.92 Å². The van der Waals surface area contributed by atoms with Gasteiger partial charge in [-0.3, -0.25) is 0 Å². The molecule has 2 aliphatic rings. The van der Waals surface area contributed by atoms with Gasteiger partial charge in [-0.15, -0.1) is 12.3 Å². The van der Waals surface area contributed by atoms with Gasteiger partial charge in [0.1, 0.15) is 0 Å². The topological polar surface area (TPSA) is 9.23 Å². The molecular weight excluding hydrogens is 124 g/mol. The summed E-state index contributed by atoms with van der Waals surface area (Å²) >= 11 is 0. The number of ether oxygens (including phenoxy) is 1. The van der Waals surface area contributed by atoms with Crippen molar-refractivity contribution >= 4 is 0 Å². The fraction of sp³-hybridized carbons (Fsp3) is 0.778. The Morgan fingerprint density at radius 2 is 1.80 bits per heavy atom. The van der Waals surface area contributed by atoms with E-state index in [1.807, 2.05) is 0 Å². The van der Waals surface area contributed by atoms with Gasteiger partial charge in [0.15, 0.2) is 0 Å². The molecule has 0 aromatic rings. The molecule has 2 saturated heterocycles. The lowest BCUT2D eigenvalue weighted by atomic mass is 9.97. The molecule has 0 N–H and O–H groups in total. The SMILES string of the molecule is C#CC1CC2CCC(C1)O2. The smallest absolute Gasteiger partial charge is 0.0591 e. The second kappa shape index (κ2) is 2.29. The summed E-state index contributed by atoms with van der Waals surface area (Å²) in [5, 5.41) is 0. The molecule has 10 heavy (non-hydrogen) atoms. The minimum absolute atomic E-state index is 0.500. The molecule has 1 nitrogen and oxygen atoms in total. The van der Waals surface area contributed by atoms with Crippen LogP contribution in [0.25, 0.3) is 0 Å². The van der Waals surface area contributed by atoms with Crippen LogP contribution < -0.4 is 0 Å². The van der Waals surface area contributed by atoms with Crippen LogP contribution in [0.3, 0.4) is 0 Å². The van der Waals surface area contributed by atoms with Gasteiger partial charge < -0.3 is 4.74 Å². The molecule has 2 heterocycles. The highest BCUT2D eigenvalue weighted by Gasteiger charge is 2.33.